The Labute approximate surface area is 188 Å². The van der Waals surface area contributed by atoms with E-state index in [0.29, 0.717) is 5.75 Å². The van der Waals surface area contributed by atoms with Crippen LogP contribution >= 0.6 is 15.9 Å². The molecule has 2 N–H and O–H groups in total. The van der Waals surface area contributed by atoms with Gasteiger partial charge in [-0.1, -0.05) is 22.0 Å². The van der Waals surface area contributed by atoms with Crippen molar-refractivity contribution in [2.75, 3.05) is 6.61 Å². The van der Waals surface area contributed by atoms with Crippen LogP contribution in [0.5, 0.6) is 5.75 Å². The van der Waals surface area contributed by atoms with Crippen LogP contribution in [0.1, 0.15) is 32.9 Å². The van der Waals surface area contributed by atoms with Crippen LogP contribution in [0, 0.1) is 20.8 Å². The summed E-state index contributed by atoms with van der Waals surface area (Å²) in [5.74, 6) is -0.741. The number of carbonyl (C=O) groups excluding carboxylic acids is 1. The molecule has 0 saturated heterocycles. The van der Waals surface area contributed by atoms with E-state index in [1.165, 1.54) is 0 Å². The maximum atomic E-state index is 12.0. The highest BCUT2D eigenvalue weighted by Crippen LogP contribution is 2.23. The third-order valence-corrected chi connectivity index (χ3v) is 5.21. The van der Waals surface area contributed by atoms with Gasteiger partial charge >= 0.3 is 5.97 Å². The SMILES string of the molecule is Cc1cc(C(=O)O)ccc1-n1c(C)cc(/C=N/NC(=O)COc2cccc(Br)c2)c1C. The predicted molar refractivity (Wildman–Crippen MR) is 122 cm³/mol. The molecule has 0 radical (unpaired) electrons. The molecule has 31 heavy (non-hydrogen) atoms. The minimum atomic E-state index is -0.956. The van der Waals surface area contributed by atoms with E-state index in [1.807, 2.05) is 43.5 Å². The number of ether oxygens (including phenoxy) is 1. The van der Waals surface area contributed by atoms with Crippen molar-refractivity contribution in [3.05, 3.63) is 81.1 Å². The molecule has 2 aromatic carbocycles. The maximum absolute atomic E-state index is 12.0. The minimum absolute atomic E-state index is 0.151. The molecule has 0 bridgehead atoms. The van der Waals surface area contributed by atoms with Gasteiger partial charge < -0.3 is 14.4 Å². The molecule has 3 rings (SSSR count). The number of aryl methyl sites for hydroxylation is 2. The smallest absolute Gasteiger partial charge is 0.335 e. The number of hydrazone groups is 1. The van der Waals surface area contributed by atoms with Crippen LogP contribution in [-0.4, -0.2) is 34.4 Å². The lowest BCUT2D eigenvalue weighted by Gasteiger charge is -2.13. The molecule has 1 heterocycles. The maximum Gasteiger partial charge on any atom is 0.335 e. The standard InChI is InChI=1S/C23H22BrN3O4/c1-14-9-17(23(29)30)7-8-21(14)27-15(2)10-18(16(27)3)12-25-26-22(28)13-31-20-6-4-5-19(24)11-20/h4-12H,13H2,1-3H3,(H,26,28)(H,29,30)/b25-12+. The fourth-order valence-electron chi connectivity index (χ4n) is 3.24. The number of amides is 1. The van der Waals surface area contributed by atoms with Crippen molar-refractivity contribution >= 4 is 34.0 Å². The summed E-state index contributed by atoms with van der Waals surface area (Å²) in [5.41, 5.74) is 7.19. The Hall–Kier alpha value is -3.39. The molecule has 0 aliphatic rings. The molecule has 0 spiro atoms. The van der Waals surface area contributed by atoms with E-state index >= 15 is 0 Å². The van der Waals surface area contributed by atoms with Gasteiger partial charge in [0.15, 0.2) is 6.61 Å². The molecule has 0 saturated carbocycles. The lowest BCUT2D eigenvalue weighted by atomic mass is 10.1. The predicted octanol–water partition coefficient (Wildman–Crippen LogP) is 4.39. The number of halogens is 1. The number of carboxylic acid groups (broad SMARTS) is 1. The average Bonchev–Trinajstić information content (AvgIpc) is 3.00. The molecule has 160 valence electrons. The summed E-state index contributed by atoms with van der Waals surface area (Å²) in [6, 6.07) is 14.2. The Morgan fingerprint density at radius 1 is 1.16 bits per heavy atom. The van der Waals surface area contributed by atoms with E-state index in [-0.39, 0.29) is 18.1 Å². The van der Waals surface area contributed by atoms with Crippen molar-refractivity contribution in [1.82, 2.24) is 9.99 Å². The van der Waals surface area contributed by atoms with Crippen molar-refractivity contribution in [1.29, 1.82) is 0 Å². The van der Waals surface area contributed by atoms with Crippen molar-refractivity contribution < 1.29 is 19.4 Å². The molecule has 0 fully saturated rings. The van der Waals surface area contributed by atoms with Crippen LogP contribution in [0.25, 0.3) is 5.69 Å². The number of aromatic nitrogens is 1. The third-order valence-electron chi connectivity index (χ3n) is 4.71. The zero-order valence-electron chi connectivity index (χ0n) is 17.3. The van der Waals surface area contributed by atoms with Crippen molar-refractivity contribution in [2.45, 2.75) is 20.8 Å². The molecular weight excluding hydrogens is 462 g/mol. The first-order valence-corrected chi connectivity index (χ1v) is 10.3. The van der Waals surface area contributed by atoms with Gasteiger partial charge in [-0.2, -0.15) is 5.10 Å². The summed E-state index contributed by atoms with van der Waals surface area (Å²) in [5, 5.41) is 13.2. The number of carbonyl (C=O) groups is 2. The lowest BCUT2D eigenvalue weighted by Crippen LogP contribution is -2.24. The molecule has 0 unspecified atom stereocenters. The summed E-state index contributed by atoms with van der Waals surface area (Å²) in [4.78, 5) is 23.2. The van der Waals surface area contributed by atoms with Gasteiger partial charge in [-0.3, -0.25) is 4.79 Å². The van der Waals surface area contributed by atoms with Crippen molar-refractivity contribution in [3.63, 3.8) is 0 Å². The van der Waals surface area contributed by atoms with E-state index < -0.39 is 5.97 Å². The Bertz CT molecular complexity index is 1170. The summed E-state index contributed by atoms with van der Waals surface area (Å²) in [6.45, 7) is 5.62. The Morgan fingerprint density at radius 3 is 2.61 bits per heavy atom. The van der Waals surface area contributed by atoms with E-state index in [0.717, 1.165) is 32.7 Å². The number of hydrogen-bond donors (Lipinski definition) is 2. The van der Waals surface area contributed by atoms with Gasteiger partial charge in [0.2, 0.25) is 0 Å². The molecule has 3 aromatic rings. The summed E-state index contributed by atoms with van der Waals surface area (Å²) in [6.07, 6.45) is 1.58. The molecule has 8 heteroatoms. The minimum Gasteiger partial charge on any atom is -0.484 e. The molecular formula is C23H22BrN3O4. The van der Waals surface area contributed by atoms with E-state index in [1.54, 1.807) is 36.5 Å². The highest BCUT2D eigenvalue weighted by molar-refractivity contribution is 9.10. The number of nitrogens with one attached hydrogen (secondary N) is 1. The monoisotopic (exact) mass is 483 g/mol. The lowest BCUT2D eigenvalue weighted by molar-refractivity contribution is -0.123. The van der Waals surface area contributed by atoms with Crippen molar-refractivity contribution in [2.24, 2.45) is 5.10 Å². The second kappa shape index (κ2) is 9.61. The molecule has 0 aliphatic carbocycles. The second-order valence-corrected chi connectivity index (χ2v) is 7.92. The Balaban J connectivity index is 1.68. The number of aromatic carboxylic acids is 1. The molecule has 0 atom stereocenters. The van der Waals surface area contributed by atoms with E-state index in [4.69, 9.17) is 4.74 Å². The van der Waals surface area contributed by atoms with Crippen LogP contribution in [0.2, 0.25) is 0 Å². The van der Waals surface area contributed by atoms with E-state index in [9.17, 15) is 14.7 Å². The van der Waals surface area contributed by atoms with Gasteiger partial charge in [-0.15, -0.1) is 0 Å². The second-order valence-electron chi connectivity index (χ2n) is 7.01. The van der Waals surface area contributed by atoms with Crippen LogP contribution in [0.3, 0.4) is 0 Å². The molecule has 0 aliphatic heterocycles. The highest BCUT2D eigenvalue weighted by atomic mass is 79.9. The molecule has 1 aromatic heterocycles. The largest absolute Gasteiger partial charge is 0.484 e. The van der Waals surface area contributed by atoms with Crippen LogP contribution in [-0.2, 0) is 4.79 Å². The Morgan fingerprint density at radius 2 is 1.94 bits per heavy atom. The number of nitrogens with zero attached hydrogens (tertiary/aromatic N) is 2. The summed E-state index contributed by atoms with van der Waals surface area (Å²) >= 11 is 3.35. The number of hydrogen-bond acceptors (Lipinski definition) is 4. The van der Waals surface area contributed by atoms with Gasteiger partial charge in [-0.25, -0.2) is 10.2 Å². The normalized spacial score (nSPS) is 11.0. The molecule has 7 nitrogen and oxygen atoms in total. The first kappa shape index (κ1) is 22.3. The summed E-state index contributed by atoms with van der Waals surface area (Å²) < 4.78 is 8.33. The van der Waals surface area contributed by atoms with Gasteiger partial charge in [-0.05, 0) is 68.8 Å². The van der Waals surface area contributed by atoms with Crippen LogP contribution in [0.15, 0.2) is 58.1 Å². The Kier molecular flexibility index (Phi) is 6.91. The van der Waals surface area contributed by atoms with Gasteiger partial charge in [0.1, 0.15) is 5.75 Å². The first-order valence-electron chi connectivity index (χ1n) is 9.50. The van der Waals surface area contributed by atoms with Gasteiger partial charge in [0.25, 0.3) is 5.91 Å². The van der Waals surface area contributed by atoms with Crippen LogP contribution in [0.4, 0.5) is 0 Å². The average molecular weight is 484 g/mol. The topological polar surface area (TPSA) is 92.9 Å². The number of carboxylic acids is 1. The van der Waals surface area contributed by atoms with Gasteiger partial charge in [0.05, 0.1) is 11.8 Å². The zero-order chi connectivity index (χ0) is 22.5. The van der Waals surface area contributed by atoms with Gasteiger partial charge in [0, 0.05) is 27.1 Å². The fourth-order valence-corrected chi connectivity index (χ4v) is 3.62. The van der Waals surface area contributed by atoms with E-state index in [2.05, 4.69) is 26.5 Å². The zero-order valence-corrected chi connectivity index (χ0v) is 18.9. The highest BCUT2D eigenvalue weighted by Gasteiger charge is 2.13. The van der Waals surface area contributed by atoms with Crippen molar-refractivity contribution in [3.8, 4) is 11.4 Å². The molecule has 1 amide bonds. The summed E-state index contributed by atoms with van der Waals surface area (Å²) in [7, 11) is 0. The fraction of sp³-hybridized carbons (Fsp3) is 0.174. The number of rotatable bonds is 7. The van der Waals surface area contributed by atoms with Crippen LogP contribution < -0.4 is 10.2 Å². The third kappa shape index (κ3) is 5.40. The quantitative estimate of drug-likeness (QED) is 0.384. The number of benzene rings is 2. The first-order chi connectivity index (χ1) is 14.8.